The fraction of sp³-hybridized carbons (Fsp3) is 0.381. The van der Waals surface area contributed by atoms with E-state index in [1.807, 2.05) is 18.2 Å². The second-order valence-electron chi connectivity index (χ2n) is 7.25. The average molecular weight is 432 g/mol. The molecule has 0 spiro atoms. The van der Waals surface area contributed by atoms with Crippen molar-refractivity contribution in [3.8, 4) is 5.88 Å². The molecule has 0 bridgehead atoms. The molecule has 8 heteroatoms. The molecule has 0 radical (unpaired) electrons. The molecule has 2 aromatic rings. The van der Waals surface area contributed by atoms with Gasteiger partial charge in [-0.15, -0.1) is 11.8 Å². The van der Waals surface area contributed by atoms with Gasteiger partial charge < -0.3 is 15.4 Å². The lowest BCUT2D eigenvalue weighted by molar-refractivity contribution is -0.124. The van der Waals surface area contributed by atoms with Gasteiger partial charge in [0.2, 0.25) is 17.7 Å². The van der Waals surface area contributed by atoms with Gasteiger partial charge in [-0.2, -0.15) is 0 Å². The van der Waals surface area contributed by atoms with E-state index in [2.05, 4.69) is 15.6 Å². The number of anilines is 1. The summed E-state index contributed by atoms with van der Waals surface area (Å²) >= 11 is 7.34. The van der Waals surface area contributed by atoms with Crippen LogP contribution < -0.4 is 15.4 Å². The number of pyridine rings is 1. The average Bonchev–Trinajstić information content (AvgIpc) is 3.21. The van der Waals surface area contributed by atoms with Crippen molar-refractivity contribution < 1.29 is 14.3 Å². The molecule has 152 valence electrons. The number of ether oxygens (including phenoxy) is 1. The molecule has 1 aromatic carbocycles. The third-order valence-corrected chi connectivity index (χ3v) is 6.52. The quantitative estimate of drug-likeness (QED) is 0.717. The highest BCUT2D eigenvalue weighted by atomic mass is 35.5. The molecule has 1 aromatic heterocycles. The van der Waals surface area contributed by atoms with E-state index in [4.69, 9.17) is 16.3 Å². The van der Waals surface area contributed by atoms with Gasteiger partial charge in [-0.3, -0.25) is 9.59 Å². The number of carbonyl (C=O) groups excluding carboxylic acids is 2. The molecule has 1 unspecified atom stereocenters. The van der Waals surface area contributed by atoms with Crippen molar-refractivity contribution in [2.75, 3.05) is 5.32 Å². The van der Waals surface area contributed by atoms with E-state index >= 15 is 0 Å². The van der Waals surface area contributed by atoms with Gasteiger partial charge in [0.1, 0.15) is 6.10 Å². The first-order valence-electron chi connectivity index (χ1n) is 9.72. The number of rotatable bonds is 6. The number of benzene rings is 1. The van der Waals surface area contributed by atoms with Crippen molar-refractivity contribution in [3.05, 3.63) is 47.1 Å². The zero-order chi connectivity index (χ0) is 20.2. The van der Waals surface area contributed by atoms with Crippen molar-refractivity contribution in [2.24, 2.45) is 0 Å². The molecule has 2 amide bonds. The summed E-state index contributed by atoms with van der Waals surface area (Å²) < 4.78 is 5.85. The largest absolute Gasteiger partial charge is 0.474 e. The van der Waals surface area contributed by atoms with Crippen LogP contribution in [0.2, 0.25) is 5.02 Å². The van der Waals surface area contributed by atoms with E-state index in [-0.39, 0.29) is 24.3 Å². The van der Waals surface area contributed by atoms with Crippen molar-refractivity contribution in [3.63, 3.8) is 0 Å². The van der Waals surface area contributed by atoms with Crippen LogP contribution in [-0.2, 0) is 16.1 Å². The van der Waals surface area contributed by atoms with Gasteiger partial charge in [-0.05, 0) is 49.4 Å². The lowest BCUT2D eigenvalue weighted by Crippen LogP contribution is -2.34. The summed E-state index contributed by atoms with van der Waals surface area (Å²) in [4.78, 5) is 29.8. The van der Waals surface area contributed by atoms with E-state index < -0.39 is 5.25 Å². The monoisotopic (exact) mass is 431 g/mol. The Bertz CT molecular complexity index is 901. The number of nitrogens with one attached hydrogen (secondary N) is 2. The van der Waals surface area contributed by atoms with Crippen LogP contribution in [0, 0.1) is 0 Å². The summed E-state index contributed by atoms with van der Waals surface area (Å²) in [6.07, 6.45) is 6.69. The number of amides is 2. The molecule has 1 aliphatic carbocycles. The molecular formula is C21H22ClN3O3S. The molecular weight excluding hydrogens is 410 g/mol. The minimum atomic E-state index is -0.469. The van der Waals surface area contributed by atoms with Crippen LogP contribution in [-0.4, -0.2) is 28.2 Å². The second-order valence-corrected chi connectivity index (χ2v) is 8.93. The van der Waals surface area contributed by atoms with Crippen LogP contribution in [0.3, 0.4) is 0 Å². The molecule has 1 fully saturated rings. The predicted octanol–water partition coefficient (Wildman–Crippen LogP) is 4.18. The molecule has 1 saturated carbocycles. The Labute approximate surface area is 178 Å². The minimum absolute atomic E-state index is 0.106. The lowest BCUT2D eigenvalue weighted by Gasteiger charge is -2.23. The highest BCUT2D eigenvalue weighted by Gasteiger charge is 2.29. The van der Waals surface area contributed by atoms with Crippen LogP contribution in [0.1, 0.15) is 37.7 Å². The fourth-order valence-corrected chi connectivity index (χ4v) is 4.72. The summed E-state index contributed by atoms with van der Waals surface area (Å²) in [5.74, 6) is 0.261. The maximum Gasteiger partial charge on any atom is 0.238 e. The SMILES string of the molecule is O=C(CC1Sc2ccc(Cl)cc2NC1=O)NCc1ccc(OC2CCCC2)nc1. The summed E-state index contributed by atoms with van der Waals surface area (Å²) in [6, 6.07) is 9.08. The number of hydrogen-bond donors (Lipinski definition) is 2. The van der Waals surface area contributed by atoms with Crippen molar-refractivity contribution >= 4 is 40.9 Å². The van der Waals surface area contributed by atoms with Crippen LogP contribution in [0.5, 0.6) is 5.88 Å². The third-order valence-electron chi connectivity index (χ3n) is 5.01. The summed E-state index contributed by atoms with van der Waals surface area (Å²) in [5, 5.41) is 5.77. The zero-order valence-corrected chi connectivity index (χ0v) is 17.4. The number of hydrogen-bond acceptors (Lipinski definition) is 5. The Morgan fingerprint density at radius 3 is 2.86 bits per heavy atom. The number of aromatic nitrogens is 1. The van der Waals surface area contributed by atoms with Crippen LogP contribution in [0.4, 0.5) is 5.69 Å². The highest BCUT2D eigenvalue weighted by Crippen LogP contribution is 2.38. The van der Waals surface area contributed by atoms with Crippen molar-refractivity contribution in [1.29, 1.82) is 0 Å². The molecule has 2 aliphatic rings. The van der Waals surface area contributed by atoms with Gasteiger partial charge in [-0.25, -0.2) is 4.98 Å². The van der Waals surface area contributed by atoms with Gasteiger partial charge in [-0.1, -0.05) is 17.7 Å². The molecule has 1 atom stereocenters. The smallest absolute Gasteiger partial charge is 0.238 e. The Balaban J connectivity index is 1.26. The van der Waals surface area contributed by atoms with Crippen LogP contribution in [0.25, 0.3) is 0 Å². The second kappa shape index (κ2) is 9.05. The number of nitrogens with zero attached hydrogens (tertiary/aromatic N) is 1. The summed E-state index contributed by atoms with van der Waals surface area (Å²) in [5.41, 5.74) is 1.58. The fourth-order valence-electron chi connectivity index (χ4n) is 3.46. The van der Waals surface area contributed by atoms with Crippen molar-refractivity contribution in [2.45, 2.75) is 54.9 Å². The number of carbonyl (C=O) groups is 2. The third kappa shape index (κ3) is 5.22. The molecule has 1 aliphatic heterocycles. The standard InChI is InChI=1S/C21H22ClN3O3S/c22-14-6-7-17-16(9-14)25-21(27)18(29-17)10-19(26)23-11-13-5-8-20(24-12-13)28-15-3-1-2-4-15/h5-9,12,15,18H,1-4,10-11H2,(H,23,26)(H,25,27). The summed E-state index contributed by atoms with van der Waals surface area (Å²) in [6.45, 7) is 0.362. The van der Waals surface area contributed by atoms with E-state index in [1.165, 1.54) is 24.6 Å². The normalized spacial score (nSPS) is 18.8. The zero-order valence-electron chi connectivity index (χ0n) is 15.8. The van der Waals surface area contributed by atoms with Gasteiger partial charge in [0.15, 0.2) is 0 Å². The summed E-state index contributed by atoms with van der Waals surface area (Å²) in [7, 11) is 0. The van der Waals surface area contributed by atoms with Gasteiger partial charge in [0, 0.05) is 35.1 Å². The number of thioether (sulfide) groups is 1. The van der Waals surface area contributed by atoms with Gasteiger partial charge >= 0.3 is 0 Å². The minimum Gasteiger partial charge on any atom is -0.474 e. The molecule has 6 nitrogen and oxygen atoms in total. The van der Waals surface area contributed by atoms with Crippen LogP contribution >= 0.6 is 23.4 Å². The first-order chi connectivity index (χ1) is 14.1. The highest BCUT2D eigenvalue weighted by molar-refractivity contribution is 8.01. The maximum atomic E-state index is 12.3. The first-order valence-corrected chi connectivity index (χ1v) is 11.0. The lowest BCUT2D eigenvalue weighted by atomic mass is 10.2. The van der Waals surface area contributed by atoms with Gasteiger partial charge in [0.25, 0.3) is 0 Å². The van der Waals surface area contributed by atoms with E-state index in [0.717, 1.165) is 23.3 Å². The molecule has 0 saturated heterocycles. The first kappa shape index (κ1) is 20.0. The maximum absolute atomic E-state index is 12.3. The molecule has 2 heterocycles. The Morgan fingerprint density at radius 1 is 1.28 bits per heavy atom. The van der Waals surface area contributed by atoms with Gasteiger partial charge in [0.05, 0.1) is 10.9 Å². The molecule has 2 N–H and O–H groups in total. The Kier molecular flexibility index (Phi) is 6.25. The Hall–Kier alpha value is -2.25. The van der Waals surface area contributed by atoms with E-state index in [1.54, 1.807) is 18.3 Å². The topological polar surface area (TPSA) is 80.3 Å². The number of fused-ring (bicyclic) bond motifs is 1. The predicted molar refractivity (Wildman–Crippen MR) is 113 cm³/mol. The van der Waals surface area contributed by atoms with E-state index in [9.17, 15) is 9.59 Å². The molecule has 29 heavy (non-hydrogen) atoms. The number of halogens is 1. The van der Waals surface area contributed by atoms with E-state index in [0.29, 0.717) is 23.1 Å². The van der Waals surface area contributed by atoms with Crippen molar-refractivity contribution in [1.82, 2.24) is 10.3 Å². The van der Waals surface area contributed by atoms with Crippen LogP contribution in [0.15, 0.2) is 41.4 Å². The molecule has 4 rings (SSSR count). The Morgan fingerprint density at radius 2 is 2.10 bits per heavy atom.